The highest BCUT2D eigenvalue weighted by Crippen LogP contribution is 2.44. The fraction of sp³-hybridized carbons (Fsp3) is 0.429. The van der Waals surface area contributed by atoms with Gasteiger partial charge in [0, 0.05) is 11.4 Å². The first kappa shape index (κ1) is 27.9. The topological polar surface area (TPSA) is 92.8 Å². The normalized spacial score (nSPS) is 15.8. The Balaban J connectivity index is 1.43. The number of anilines is 1. The van der Waals surface area contributed by atoms with Crippen molar-refractivity contribution in [1.29, 1.82) is 5.26 Å². The molecule has 0 spiro atoms. The zero-order valence-electron chi connectivity index (χ0n) is 22.1. The maximum absolute atomic E-state index is 13.2. The molecular formula is C28H32FN5O2S2. The molecule has 0 aliphatic heterocycles. The Labute approximate surface area is 231 Å². The van der Waals surface area contributed by atoms with Crippen LogP contribution in [0.3, 0.4) is 0 Å². The number of nitrogens with zero attached hydrogens (tertiary/aromatic N) is 4. The largest absolute Gasteiger partial charge is 0.483 e. The lowest BCUT2D eigenvalue weighted by molar-refractivity contribution is -0.113. The molecule has 0 bridgehead atoms. The molecule has 0 saturated carbocycles. The number of amides is 1. The third kappa shape index (κ3) is 6.27. The van der Waals surface area contributed by atoms with Crippen molar-refractivity contribution in [2.45, 2.75) is 64.8 Å². The van der Waals surface area contributed by atoms with Crippen LogP contribution in [0.25, 0.3) is 0 Å². The van der Waals surface area contributed by atoms with E-state index >= 15 is 0 Å². The van der Waals surface area contributed by atoms with Gasteiger partial charge in [0.1, 0.15) is 22.6 Å². The second-order valence-corrected chi connectivity index (χ2v) is 12.5. The van der Waals surface area contributed by atoms with Crippen molar-refractivity contribution in [3.8, 4) is 11.8 Å². The van der Waals surface area contributed by atoms with Crippen molar-refractivity contribution in [2.75, 3.05) is 11.1 Å². The molecule has 2 atom stereocenters. The van der Waals surface area contributed by atoms with Crippen LogP contribution in [-0.4, -0.2) is 26.4 Å². The van der Waals surface area contributed by atoms with E-state index in [2.05, 4.69) is 48.9 Å². The van der Waals surface area contributed by atoms with E-state index in [0.717, 1.165) is 24.8 Å². The summed E-state index contributed by atoms with van der Waals surface area (Å²) in [7, 11) is 0. The summed E-state index contributed by atoms with van der Waals surface area (Å²) in [5, 5.41) is 22.5. The highest BCUT2D eigenvalue weighted by molar-refractivity contribution is 7.99. The summed E-state index contributed by atoms with van der Waals surface area (Å²) in [6, 6.07) is 8.10. The summed E-state index contributed by atoms with van der Waals surface area (Å²) >= 11 is 2.79. The number of ether oxygens (including phenoxy) is 1. The molecule has 38 heavy (non-hydrogen) atoms. The first-order valence-corrected chi connectivity index (χ1v) is 14.3. The van der Waals surface area contributed by atoms with Crippen LogP contribution in [0.2, 0.25) is 0 Å². The van der Waals surface area contributed by atoms with E-state index in [1.165, 1.54) is 40.1 Å². The third-order valence-corrected chi connectivity index (χ3v) is 8.87. The smallest absolute Gasteiger partial charge is 0.235 e. The summed E-state index contributed by atoms with van der Waals surface area (Å²) in [6.07, 6.45) is 4.13. The molecule has 10 heteroatoms. The Morgan fingerprint density at radius 3 is 2.79 bits per heavy atom. The van der Waals surface area contributed by atoms with E-state index in [0.29, 0.717) is 39.8 Å². The highest BCUT2D eigenvalue weighted by atomic mass is 32.2. The average Bonchev–Trinajstić information content (AvgIpc) is 3.43. The van der Waals surface area contributed by atoms with Gasteiger partial charge < -0.3 is 10.1 Å². The number of allylic oxidation sites excluding steroid dienone is 1. The Morgan fingerprint density at radius 2 is 2.13 bits per heavy atom. The molecule has 3 aromatic rings. The molecule has 1 aromatic carbocycles. The second-order valence-electron chi connectivity index (χ2n) is 10.4. The van der Waals surface area contributed by atoms with Gasteiger partial charge in [-0.05, 0) is 67.3 Å². The summed E-state index contributed by atoms with van der Waals surface area (Å²) in [6.45, 7) is 12.9. The number of fused-ring (bicyclic) bond motifs is 1. The van der Waals surface area contributed by atoms with Crippen LogP contribution in [-0.2, 0) is 24.2 Å². The van der Waals surface area contributed by atoms with Gasteiger partial charge in [0.25, 0.3) is 0 Å². The van der Waals surface area contributed by atoms with Crippen LogP contribution in [0.1, 0.15) is 62.0 Å². The average molecular weight is 554 g/mol. The number of hydrogen-bond acceptors (Lipinski definition) is 7. The van der Waals surface area contributed by atoms with Gasteiger partial charge in [0.05, 0.1) is 11.3 Å². The van der Waals surface area contributed by atoms with Crippen LogP contribution in [0.4, 0.5) is 9.39 Å². The van der Waals surface area contributed by atoms with E-state index in [1.807, 2.05) is 11.5 Å². The van der Waals surface area contributed by atoms with E-state index in [1.54, 1.807) is 18.2 Å². The van der Waals surface area contributed by atoms with Crippen LogP contribution >= 0.6 is 23.1 Å². The minimum Gasteiger partial charge on any atom is -0.483 e. The first-order chi connectivity index (χ1) is 18.1. The third-order valence-electron chi connectivity index (χ3n) is 6.73. The molecule has 2 heterocycles. The number of thiophene rings is 1. The van der Waals surface area contributed by atoms with Gasteiger partial charge in [-0.25, -0.2) is 4.39 Å². The zero-order valence-corrected chi connectivity index (χ0v) is 23.7. The van der Waals surface area contributed by atoms with E-state index in [-0.39, 0.29) is 22.9 Å². The van der Waals surface area contributed by atoms with Crippen LogP contribution in [0, 0.1) is 28.5 Å². The number of rotatable bonds is 9. The maximum atomic E-state index is 13.2. The van der Waals surface area contributed by atoms with Gasteiger partial charge in [0.2, 0.25) is 5.91 Å². The highest BCUT2D eigenvalue weighted by Gasteiger charge is 2.32. The minimum atomic E-state index is -0.455. The van der Waals surface area contributed by atoms with Gasteiger partial charge in [-0.15, -0.1) is 28.1 Å². The number of halogens is 1. The predicted molar refractivity (Wildman–Crippen MR) is 149 cm³/mol. The monoisotopic (exact) mass is 553 g/mol. The fourth-order valence-electron chi connectivity index (χ4n) is 4.60. The van der Waals surface area contributed by atoms with Gasteiger partial charge >= 0.3 is 0 Å². The van der Waals surface area contributed by atoms with Crippen molar-refractivity contribution in [3.05, 3.63) is 64.6 Å². The van der Waals surface area contributed by atoms with E-state index in [4.69, 9.17) is 4.74 Å². The summed E-state index contributed by atoms with van der Waals surface area (Å²) < 4.78 is 21.0. The molecule has 1 aliphatic carbocycles. The number of nitriles is 1. The van der Waals surface area contributed by atoms with Crippen molar-refractivity contribution in [3.63, 3.8) is 0 Å². The number of nitrogens with one attached hydrogen (secondary N) is 1. The number of carbonyl (C=O) groups is 1. The molecule has 0 fully saturated rings. The lowest BCUT2D eigenvalue weighted by atomic mass is 9.72. The van der Waals surface area contributed by atoms with E-state index < -0.39 is 6.10 Å². The quantitative estimate of drug-likeness (QED) is 0.238. The molecule has 200 valence electrons. The Morgan fingerprint density at radius 1 is 1.39 bits per heavy atom. The number of benzene rings is 1. The van der Waals surface area contributed by atoms with Gasteiger partial charge in [-0.2, -0.15) is 5.26 Å². The lowest BCUT2D eigenvalue weighted by Gasteiger charge is -2.33. The van der Waals surface area contributed by atoms with Crippen LogP contribution in [0.5, 0.6) is 5.75 Å². The predicted octanol–water partition coefficient (Wildman–Crippen LogP) is 6.56. The molecule has 4 rings (SSSR count). The molecule has 1 aliphatic rings. The molecule has 7 nitrogen and oxygen atoms in total. The van der Waals surface area contributed by atoms with Gasteiger partial charge in [0.15, 0.2) is 17.1 Å². The van der Waals surface area contributed by atoms with Crippen molar-refractivity contribution < 1.29 is 13.9 Å². The van der Waals surface area contributed by atoms with E-state index in [9.17, 15) is 14.4 Å². The molecule has 2 unspecified atom stereocenters. The minimum absolute atomic E-state index is 0.112. The Hall–Kier alpha value is -3.16. The number of carbonyl (C=O) groups excluding carboxylic acids is 1. The molecular weight excluding hydrogens is 521 g/mol. The molecule has 1 amide bonds. The standard InChI is InChI=1S/C28H32FN5O2S2/c1-6-13-34-25(17(2)36-20-10-8-19(29)9-11-20)32-33-27(34)37-16-24(35)31-26-22(15-30)21-12-7-18(28(3,4)5)14-23(21)38-26/h6,8-11,17-18H,1,7,12-14,16H2,2-5H3,(H,31,35). The van der Waals surface area contributed by atoms with Crippen molar-refractivity contribution in [1.82, 2.24) is 14.8 Å². The molecule has 0 radical (unpaired) electrons. The second kappa shape index (κ2) is 11.7. The Kier molecular flexibility index (Phi) is 8.58. The summed E-state index contributed by atoms with van der Waals surface area (Å²) in [4.78, 5) is 14.1. The number of hydrogen-bond donors (Lipinski definition) is 1. The molecule has 1 N–H and O–H groups in total. The fourth-order valence-corrected chi connectivity index (χ4v) is 6.65. The van der Waals surface area contributed by atoms with Gasteiger partial charge in [-0.1, -0.05) is 38.6 Å². The van der Waals surface area contributed by atoms with Crippen LogP contribution < -0.4 is 10.1 Å². The lowest BCUT2D eigenvalue weighted by Crippen LogP contribution is -2.26. The molecule has 2 aromatic heterocycles. The first-order valence-electron chi connectivity index (χ1n) is 12.5. The summed E-state index contributed by atoms with van der Waals surface area (Å²) in [5.41, 5.74) is 1.89. The Bertz CT molecular complexity index is 1350. The SMILES string of the molecule is C=CCn1c(SCC(=O)Nc2sc3c(c2C#N)CCC(C(C)(C)C)C3)nnc1C(C)Oc1ccc(F)cc1. The number of thioether (sulfide) groups is 1. The summed E-state index contributed by atoms with van der Waals surface area (Å²) in [5.74, 6) is 1.21. The van der Waals surface area contributed by atoms with Crippen molar-refractivity contribution >= 4 is 34.0 Å². The zero-order chi connectivity index (χ0) is 27.4. The number of aromatic nitrogens is 3. The maximum Gasteiger partial charge on any atom is 0.235 e. The molecule has 0 saturated heterocycles. The van der Waals surface area contributed by atoms with Crippen LogP contribution in [0.15, 0.2) is 42.1 Å². The van der Waals surface area contributed by atoms with Crippen molar-refractivity contribution in [2.24, 2.45) is 11.3 Å². The van der Waals surface area contributed by atoms with Gasteiger partial charge in [-0.3, -0.25) is 9.36 Å².